The fraction of sp³-hybridized carbons (Fsp3) is 0.824. The number of nitrogens with zero attached hydrogens (tertiary/aromatic N) is 2. The van der Waals surface area contributed by atoms with Crippen molar-refractivity contribution in [1.82, 2.24) is 15.1 Å². The topological polar surface area (TPSA) is 29.9 Å². The molecule has 0 spiro atoms. The molecule has 1 unspecified atom stereocenters. The zero-order chi connectivity index (χ0) is 14.2. The Kier molecular flexibility index (Phi) is 6.58. The van der Waals surface area contributed by atoms with Crippen molar-refractivity contribution in [3.8, 4) is 0 Å². The molecular formula is C17H31N3. The summed E-state index contributed by atoms with van der Waals surface area (Å²) in [7, 11) is 0. The van der Waals surface area contributed by atoms with Crippen LogP contribution in [0.5, 0.6) is 0 Å². The Morgan fingerprint density at radius 2 is 2.00 bits per heavy atom. The summed E-state index contributed by atoms with van der Waals surface area (Å²) in [6.45, 7) is 6.50. The SMILES string of the molecule is CCCn1nccc1C(CC1CCCCCC1)NCC. The molecule has 114 valence electrons. The molecule has 1 saturated carbocycles. The van der Waals surface area contributed by atoms with Crippen molar-refractivity contribution >= 4 is 0 Å². The molecule has 0 saturated heterocycles. The van der Waals surface area contributed by atoms with Crippen LogP contribution >= 0.6 is 0 Å². The molecule has 1 heterocycles. The van der Waals surface area contributed by atoms with Crippen LogP contribution in [0.3, 0.4) is 0 Å². The van der Waals surface area contributed by atoms with E-state index in [2.05, 4.69) is 35.0 Å². The number of aryl methyl sites for hydroxylation is 1. The number of rotatable bonds is 7. The zero-order valence-corrected chi connectivity index (χ0v) is 13.3. The summed E-state index contributed by atoms with van der Waals surface area (Å²) < 4.78 is 2.20. The van der Waals surface area contributed by atoms with Crippen LogP contribution in [-0.2, 0) is 6.54 Å². The Labute approximate surface area is 124 Å². The van der Waals surface area contributed by atoms with Gasteiger partial charge in [-0.15, -0.1) is 0 Å². The second-order valence-electron chi connectivity index (χ2n) is 6.18. The Morgan fingerprint density at radius 3 is 2.65 bits per heavy atom. The normalized spacial score (nSPS) is 18.9. The van der Waals surface area contributed by atoms with Gasteiger partial charge in [0.15, 0.2) is 0 Å². The second kappa shape index (κ2) is 8.46. The third-order valence-corrected chi connectivity index (χ3v) is 4.54. The monoisotopic (exact) mass is 277 g/mol. The smallest absolute Gasteiger partial charge is 0.0553 e. The highest BCUT2D eigenvalue weighted by molar-refractivity contribution is 5.07. The Morgan fingerprint density at radius 1 is 1.25 bits per heavy atom. The molecule has 0 bridgehead atoms. The lowest BCUT2D eigenvalue weighted by Crippen LogP contribution is -2.26. The standard InChI is InChI=1S/C17H31N3/c1-3-13-20-17(11-12-19-20)16(18-4-2)14-15-9-7-5-6-8-10-15/h11-12,15-16,18H,3-10,13-14H2,1-2H3. The Bertz CT molecular complexity index is 364. The Balaban J connectivity index is 2.03. The highest BCUT2D eigenvalue weighted by Gasteiger charge is 2.21. The van der Waals surface area contributed by atoms with Crippen molar-refractivity contribution in [2.75, 3.05) is 6.54 Å². The van der Waals surface area contributed by atoms with Crippen LogP contribution < -0.4 is 5.32 Å². The highest BCUT2D eigenvalue weighted by Crippen LogP contribution is 2.31. The van der Waals surface area contributed by atoms with Gasteiger partial charge in [0.1, 0.15) is 0 Å². The van der Waals surface area contributed by atoms with E-state index in [-0.39, 0.29) is 0 Å². The van der Waals surface area contributed by atoms with Gasteiger partial charge in [0, 0.05) is 18.8 Å². The maximum atomic E-state index is 4.50. The van der Waals surface area contributed by atoms with E-state index in [4.69, 9.17) is 0 Å². The largest absolute Gasteiger partial charge is 0.309 e. The zero-order valence-electron chi connectivity index (χ0n) is 13.3. The van der Waals surface area contributed by atoms with Crippen molar-refractivity contribution in [3.63, 3.8) is 0 Å². The minimum atomic E-state index is 0.483. The van der Waals surface area contributed by atoms with Crippen LogP contribution in [0.25, 0.3) is 0 Å². The van der Waals surface area contributed by atoms with Gasteiger partial charge in [-0.05, 0) is 31.4 Å². The van der Waals surface area contributed by atoms with E-state index >= 15 is 0 Å². The van der Waals surface area contributed by atoms with Gasteiger partial charge in [-0.25, -0.2) is 0 Å². The summed E-state index contributed by atoms with van der Waals surface area (Å²) in [5.74, 6) is 0.895. The van der Waals surface area contributed by atoms with Crippen LogP contribution in [0.15, 0.2) is 12.3 Å². The Hall–Kier alpha value is -0.830. The first-order chi connectivity index (χ1) is 9.85. The summed E-state index contributed by atoms with van der Waals surface area (Å²) in [4.78, 5) is 0. The van der Waals surface area contributed by atoms with E-state index < -0.39 is 0 Å². The first-order valence-corrected chi connectivity index (χ1v) is 8.60. The molecule has 3 nitrogen and oxygen atoms in total. The van der Waals surface area contributed by atoms with E-state index in [1.165, 1.54) is 50.6 Å². The predicted octanol–water partition coefficient (Wildman–Crippen LogP) is 4.30. The summed E-state index contributed by atoms with van der Waals surface area (Å²) in [5, 5.41) is 8.19. The molecular weight excluding hydrogens is 246 g/mol. The molecule has 1 aliphatic rings. The molecule has 0 amide bonds. The number of aromatic nitrogens is 2. The summed E-state index contributed by atoms with van der Waals surface area (Å²) in [6.07, 6.45) is 13.0. The summed E-state index contributed by atoms with van der Waals surface area (Å²) >= 11 is 0. The molecule has 3 heteroatoms. The molecule has 1 aliphatic carbocycles. The molecule has 0 aliphatic heterocycles. The fourth-order valence-electron chi connectivity index (χ4n) is 3.53. The predicted molar refractivity (Wildman–Crippen MR) is 84.7 cm³/mol. The van der Waals surface area contributed by atoms with Gasteiger partial charge < -0.3 is 5.32 Å². The van der Waals surface area contributed by atoms with E-state index in [1.54, 1.807) is 0 Å². The molecule has 20 heavy (non-hydrogen) atoms. The first kappa shape index (κ1) is 15.6. The second-order valence-corrected chi connectivity index (χ2v) is 6.18. The van der Waals surface area contributed by atoms with E-state index in [9.17, 15) is 0 Å². The average Bonchev–Trinajstić information content (AvgIpc) is 2.75. The minimum absolute atomic E-state index is 0.483. The maximum Gasteiger partial charge on any atom is 0.0553 e. The number of hydrogen-bond donors (Lipinski definition) is 1. The molecule has 1 atom stereocenters. The van der Waals surface area contributed by atoms with Crippen molar-refractivity contribution in [1.29, 1.82) is 0 Å². The molecule has 1 aromatic heterocycles. The summed E-state index contributed by atoms with van der Waals surface area (Å²) in [5.41, 5.74) is 1.39. The van der Waals surface area contributed by atoms with Crippen LogP contribution in [0, 0.1) is 5.92 Å². The lowest BCUT2D eigenvalue weighted by atomic mass is 9.91. The van der Waals surface area contributed by atoms with Gasteiger partial charge in [-0.3, -0.25) is 4.68 Å². The van der Waals surface area contributed by atoms with E-state index in [0.717, 1.165) is 25.4 Å². The van der Waals surface area contributed by atoms with Crippen molar-refractivity contribution < 1.29 is 0 Å². The van der Waals surface area contributed by atoms with E-state index in [1.807, 2.05) is 6.20 Å². The van der Waals surface area contributed by atoms with Gasteiger partial charge in [-0.1, -0.05) is 52.4 Å². The third kappa shape index (κ3) is 4.34. The number of nitrogens with one attached hydrogen (secondary N) is 1. The lowest BCUT2D eigenvalue weighted by molar-refractivity contribution is 0.345. The summed E-state index contributed by atoms with van der Waals surface area (Å²) in [6, 6.07) is 2.69. The highest BCUT2D eigenvalue weighted by atomic mass is 15.3. The van der Waals surface area contributed by atoms with Crippen LogP contribution in [0.4, 0.5) is 0 Å². The number of hydrogen-bond acceptors (Lipinski definition) is 2. The van der Waals surface area contributed by atoms with Gasteiger partial charge in [0.25, 0.3) is 0 Å². The molecule has 1 aromatic rings. The molecule has 0 aromatic carbocycles. The minimum Gasteiger partial charge on any atom is -0.309 e. The van der Waals surface area contributed by atoms with Gasteiger partial charge in [0.2, 0.25) is 0 Å². The quantitative estimate of drug-likeness (QED) is 0.753. The van der Waals surface area contributed by atoms with Crippen LogP contribution in [-0.4, -0.2) is 16.3 Å². The van der Waals surface area contributed by atoms with Crippen molar-refractivity contribution in [2.24, 2.45) is 5.92 Å². The molecule has 1 N–H and O–H groups in total. The molecule has 1 fully saturated rings. The van der Waals surface area contributed by atoms with E-state index in [0.29, 0.717) is 6.04 Å². The van der Waals surface area contributed by atoms with Crippen LogP contribution in [0.1, 0.15) is 76.9 Å². The fourth-order valence-corrected chi connectivity index (χ4v) is 3.53. The van der Waals surface area contributed by atoms with Gasteiger partial charge >= 0.3 is 0 Å². The average molecular weight is 277 g/mol. The maximum absolute atomic E-state index is 4.50. The molecule has 2 rings (SSSR count). The first-order valence-electron chi connectivity index (χ1n) is 8.60. The lowest BCUT2D eigenvalue weighted by Gasteiger charge is -2.24. The van der Waals surface area contributed by atoms with Crippen molar-refractivity contribution in [3.05, 3.63) is 18.0 Å². The van der Waals surface area contributed by atoms with Crippen LogP contribution in [0.2, 0.25) is 0 Å². The third-order valence-electron chi connectivity index (χ3n) is 4.54. The van der Waals surface area contributed by atoms with Gasteiger partial charge in [0.05, 0.1) is 5.69 Å². The van der Waals surface area contributed by atoms with Gasteiger partial charge in [-0.2, -0.15) is 5.10 Å². The van der Waals surface area contributed by atoms with Crippen molar-refractivity contribution in [2.45, 2.75) is 77.8 Å². The molecule has 0 radical (unpaired) electrons.